The number of carbonyl (C=O) groups excluding carboxylic acids is 2. The molecule has 2 amide bonds. The highest BCUT2D eigenvalue weighted by Crippen LogP contribution is 2.38. The minimum absolute atomic E-state index is 0.00113. The van der Waals surface area contributed by atoms with Crippen molar-refractivity contribution in [2.45, 2.75) is 29.6 Å². The molecule has 15 nitrogen and oxygen atoms in total. The number of rotatable bonds is 24. The first-order chi connectivity index (χ1) is 24.4. The van der Waals surface area contributed by atoms with E-state index in [1.54, 1.807) is 18.2 Å². The molecule has 286 valence electrons. The normalized spacial score (nSPS) is 16.0. The van der Waals surface area contributed by atoms with Gasteiger partial charge in [0.2, 0.25) is 10.0 Å². The fourth-order valence-electron chi connectivity index (χ4n) is 5.12. The summed E-state index contributed by atoms with van der Waals surface area (Å²) in [5, 5.41) is 25.7. The Kier molecular flexibility index (Phi) is 19.0. The molecule has 0 saturated carbocycles. The number of benzene rings is 2. The molecule has 5 N–H and O–H groups in total. The smallest absolute Gasteiger partial charge is 0.252 e. The molecule has 0 bridgehead atoms. The number of hydrogen-bond acceptors (Lipinski definition) is 12. The van der Waals surface area contributed by atoms with E-state index in [1.807, 2.05) is 25.2 Å². The standard InChI is InChI=1S/C33H48Cl2N4O11S/c1-39-21-27(26-19-24(34)20-29(35)28(26)22-39)23-3-5-25(6-4-23)51(44,45)38-9-12-49-16-18-50-17-15-48-11-8-37-33(43)31(41)30(40)32(42)36-7-10-47-14-13-46-2/h3-6,19-20,27,30-31,38,40-41H,7-18,21-22H2,1-2H3,(H,36,42)(H,37,43). The van der Waals surface area contributed by atoms with Gasteiger partial charge >= 0.3 is 0 Å². The molecule has 3 rings (SSSR count). The van der Waals surface area contributed by atoms with Crippen molar-refractivity contribution in [2.75, 3.05) is 99.8 Å². The molecular formula is C33H48Cl2N4O11S. The first-order valence-corrected chi connectivity index (χ1v) is 18.7. The number of hydrogen-bond donors (Lipinski definition) is 5. The zero-order chi connectivity index (χ0) is 37.2. The summed E-state index contributed by atoms with van der Waals surface area (Å²) in [6, 6.07) is 10.5. The number of sulfonamides is 1. The van der Waals surface area contributed by atoms with Crippen LogP contribution in [0.15, 0.2) is 41.3 Å². The molecule has 2 aromatic carbocycles. The fourth-order valence-corrected chi connectivity index (χ4v) is 6.70. The summed E-state index contributed by atoms with van der Waals surface area (Å²) in [5.41, 5.74) is 3.03. The van der Waals surface area contributed by atoms with Crippen LogP contribution in [0.1, 0.15) is 22.6 Å². The van der Waals surface area contributed by atoms with Gasteiger partial charge in [0.1, 0.15) is 0 Å². The van der Waals surface area contributed by atoms with E-state index in [0.29, 0.717) is 29.8 Å². The molecular weight excluding hydrogens is 731 g/mol. The highest BCUT2D eigenvalue weighted by atomic mass is 35.5. The lowest BCUT2D eigenvalue weighted by atomic mass is 9.85. The summed E-state index contributed by atoms with van der Waals surface area (Å²) in [6.45, 7) is 3.84. The molecule has 51 heavy (non-hydrogen) atoms. The fraction of sp³-hybridized carbons (Fsp3) is 0.576. The van der Waals surface area contributed by atoms with Crippen molar-refractivity contribution in [1.29, 1.82) is 0 Å². The predicted molar refractivity (Wildman–Crippen MR) is 189 cm³/mol. The van der Waals surface area contributed by atoms with E-state index >= 15 is 0 Å². The molecule has 0 fully saturated rings. The highest BCUT2D eigenvalue weighted by molar-refractivity contribution is 7.89. The maximum absolute atomic E-state index is 12.8. The lowest BCUT2D eigenvalue weighted by molar-refractivity contribution is -0.146. The van der Waals surface area contributed by atoms with E-state index in [4.69, 9.17) is 46.9 Å². The molecule has 2 aromatic rings. The Hall–Kier alpha value is -2.45. The zero-order valence-corrected chi connectivity index (χ0v) is 31.1. The van der Waals surface area contributed by atoms with Crippen molar-refractivity contribution in [3.05, 3.63) is 63.1 Å². The van der Waals surface area contributed by atoms with Gasteiger partial charge < -0.3 is 49.4 Å². The number of halogens is 2. The Morgan fingerprint density at radius 1 is 0.824 bits per heavy atom. The Labute approximate surface area is 308 Å². The van der Waals surface area contributed by atoms with Gasteiger partial charge in [0.25, 0.3) is 11.8 Å². The molecule has 0 saturated heterocycles. The predicted octanol–water partition coefficient (Wildman–Crippen LogP) is 0.516. The van der Waals surface area contributed by atoms with Gasteiger partial charge in [-0.1, -0.05) is 35.3 Å². The molecule has 1 aliphatic heterocycles. The van der Waals surface area contributed by atoms with E-state index in [2.05, 4.69) is 20.3 Å². The Morgan fingerprint density at radius 2 is 1.33 bits per heavy atom. The van der Waals surface area contributed by atoms with Gasteiger partial charge in [-0.25, -0.2) is 13.1 Å². The lowest BCUT2D eigenvalue weighted by Crippen LogP contribution is -2.50. The second-order valence-corrected chi connectivity index (χ2v) is 14.2. The summed E-state index contributed by atoms with van der Waals surface area (Å²) >= 11 is 12.8. The number of aliphatic hydroxyl groups excluding tert-OH is 2. The van der Waals surface area contributed by atoms with Crippen molar-refractivity contribution in [3.8, 4) is 0 Å². The van der Waals surface area contributed by atoms with Gasteiger partial charge in [-0.05, 0) is 48.0 Å². The summed E-state index contributed by atoms with van der Waals surface area (Å²) in [4.78, 5) is 26.2. The molecule has 0 radical (unpaired) electrons. The van der Waals surface area contributed by atoms with Crippen molar-refractivity contribution >= 4 is 45.0 Å². The third kappa shape index (κ3) is 14.5. The molecule has 0 aromatic heterocycles. The van der Waals surface area contributed by atoms with Gasteiger partial charge in [-0.2, -0.15) is 0 Å². The first-order valence-electron chi connectivity index (χ1n) is 16.4. The minimum atomic E-state index is -3.74. The molecule has 0 spiro atoms. The van der Waals surface area contributed by atoms with Crippen LogP contribution >= 0.6 is 23.2 Å². The summed E-state index contributed by atoms with van der Waals surface area (Å²) in [6.07, 6.45) is -3.88. The zero-order valence-electron chi connectivity index (χ0n) is 28.8. The van der Waals surface area contributed by atoms with Crippen molar-refractivity contribution < 1.29 is 51.9 Å². The van der Waals surface area contributed by atoms with E-state index in [9.17, 15) is 28.2 Å². The van der Waals surface area contributed by atoms with Gasteiger partial charge in [0.15, 0.2) is 12.2 Å². The maximum atomic E-state index is 12.8. The summed E-state index contributed by atoms with van der Waals surface area (Å²) in [5.74, 6) is -1.82. The van der Waals surface area contributed by atoms with Crippen LogP contribution in [-0.2, 0) is 49.8 Å². The number of nitrogens with zero attached hydrogens (tertiary/aromatic N) is 1. The molecule has 3 atom stereocenters. The van der Waals surface area contributed by atoms with Crippen LogP contribution < -0.4 is 15.4 Å². The second-order valence-electron chi connectivity index (χ2n) is 11.6. The largest absolute Gasteiger partial charge is 0.382 e. The molecule has 1 heterocycles. The average molecular weight is 780 g/mol. The summed E-state index contributed by atoms with van der Waals surface area (Å²) in [7, 11) is -0.194. The lowest BCUT2D eigenvalue weighted by Gasteiger charge is -2.33. The van der Waals surface area contributed by atoms with Crippen LogP contribution in [0.5, 0.6) is 0 Å². The molecule has 0 aliphatic carbocycles. The van der Waals surface area contributed by atoms with E-state index < -0.39 is 34.0 Å². The number of methoxy groups -OCH3 is 1. The Bertz CT molecular complexity index is 1490. The first kappa shape index (κ1) is 43.0. The second kappa shape index (κ2) is 22.6. The molecule has 3 unspecified atom stereocenters. The quantitative estimate of drug-likeness (QED) is 0.0930. The van der Waals surface area contributed by atoms with Gasteiger partial charge in [0.05, 0.1) is 64.4 Å². The Balaban J connectivity index is 1.22. The third-order valence-electron chi connectivity index (χ3n) is 7.73. The highest BCUT2D eigenvalue weighted by Gasteiger charge is 2.30. The SMILES string of the molecule is COCCOCCNC(=O)C(O)C(O)C(=O)NCCOCCOCCOCCNS(=O)(=O)c1ccc(C2CN(C)Cc3c(Cl)cc(Cl)cc32)cc1. The van der Waals surface area contributed by atoms with E-state index in [-0.39, 0.29) is 76.7 Å². The van der Waals surface area contributed by atoms with Crippen LogP contribution in [0.2, 0.25) is 10.0 Å². The number of nitrogens with one attached hydrogen (secondary N) is 3. The van der Waals surface area contributed by atoms with Gasteiger partial charge in [-0.15, -0.1) is 0 Å². The van der Waals surface area contributed by atoms with Crippen molar-refractivity contribution in [2.24, 2.45) is 0 Å². The van der Waals surface area contributed by atoms with Crippen LogP contribution in [0.3, 0.4) is 0 Å². The number of amides is 2. The topological polar surface area (TPSA) is 194 Å². The monoisotopic (exact) mass is 778 g/mol. The number of fused-ring (bicyclic) bond motifs is 1. The number of likely N-dealkylation sites (N-methyl/N-ethyl adjacent to an activating group) is 1. The van der Waals surface area contributed by atoms with Crippen LogP contribution in [-0.4, -0.2) is 147 Å². The number of aliphatic hydroxyl groups is 2. The number of carbonyl (C=O) groups is 2. The van der Waals surface area contributed by atoms with Crippen LogP contribution in [0.4, 0.5) is 0 Å². The van der Waals surface area contributed by atoms with Crippen molar-refractivity contribution in [1.82, 2.24) is 20.3 Å². The summed E-state index contributed by atoms with van der Waals surface area (Å²) < 4.78 is 54.4. The maximum Gasteiger partial charge on any atom is 0.252 e. The number of ether oxygens (including phenoxy) is 5. The van der Waals surface area contributed by atoms with Crippen LogP contribution in [0, 0.1) is 0 Å². The van der Waals surface area contributed by atoms with Gasteiger partial charge in [0, 0.05) is 55.8 Å². The van der Waals surface area contributed by atoms with Gasteiger partial charge in [-0.3, -0.25) is 9.59 Å². The van der Waals surface area contributed by atoms with E-state index in [1.165, 1.54) is 7.11 Å². The molecule has 1 aliphatic rings. The van der Waals surface area contributed by atoms with Crippen molar-refractivity contribution in [3.63, 3.8) is 0 Å². The van der Waals surface area contributed by atoms with Crippen LogP contribution in [0.25, 0.3) is 0 Å². The van der Waals surface area contributed by atoms with E-state index in [0.717, 1.165) is 23.2 Å². The molecule has 18 heteroatoms. The minimum Gasteiger partial charge on any atom is -0.382 e. The third-order valence-corrected chi connectivity index (χ3v) is 9.76. The average Bonchev–Trinajstić information content (AvgIpc) is 3.11. The Morgan fingerprint density at radius 3 is 1.88 bits per heavy atom.